The monoisotopic (exact) mass is 304 g/mol. The SMILES string of the molecule is CC(C)N1CC(C(=O)NS(=O)(=O)C2CCOC2)CC1=O. The summed E-state index contributed by atoms with van der Waals surface area (Å²) in [6.07, 6.45) is 0.463. The number of likely N-dealkylation sites (tertiary alicyclic amines) is 1. The number of nitrogens with one attached hydrogen (secondary N) is 1. The van der Waals surface area contributed by atoms with Gasteiger partial charge in [-0.1, -0.05) is 0 Å². The van der Waals surface area contributed by atoms with E-state index >= 15 is 0 Å². The maximum atomic E-state index is 12.0. The van der Waals surface area contributed by atoms with Crippen molar-refractivity contribution in [3.63, 3.8) is 0 Å². The van der Waals surface area contributed by atoms with E-state index in [1.807, 2.05) is 13.8 Å². The first-order chi connectivity index (χ1) is 9.31. The Kier molecular flexibility index (Phi) is 4.33. The van der Waals surface area contributed by atoms with Gasteiger partial charge in [0.25, 0.3) is 0 Å². The predicted molar refractivity (Wildman–Crippen MR) is 71.2 cm³/mol. The molecule has 114 valence electrons. The zero-order valence-electron chi connectivity index (χ0n) is 11.7. The van der Waals surface area contributed by atoms with Crippen LogP contribution < -0.4 is 4.72 Å². The van der Waals surface area contributed by atoms with E-state index in [9.17, 15) is 18.0 Å². The topological polar surface area (TPSA) is 92.8 Å². The first-order valence-corrected chi connectivity index (χ1v) is 8.28. The van der Waals surface area contributed by atoms with Crippen molar-refractivity contribution in [1.82, 2.24) is 9.62 Å². The van der Waals surface area contributed by atoms with Crippen LogP contribution in [0.3, 0.4) is 0 Å². The summed E-state index contributed by atoms with van der Waals surface area (Å²) in [5.41, 5.74) is 0. The Labute approximate surface area is 118 Å². The highest BCUT2D eigenvalue weighted by atomic mass is 32.2. The lowest BCUT2D eigenvalue weighted by Gasteiger charge is -2.20. The number of ether oxygens (including phenoxy) is 1. The van der Waals surface area contributed by atoms with Crippen molar-refractivity contribution >= 4 is 21.8 Å². The molecule has 0 aromatic heterocycles. The first-order valence-electron chi connectivity index (χ1n) is 6.74. The molecule has 2 aliphatic rings. The predicted octanol–water partition coefficient (Wildman–Crippen LogP) is -0.522. The maximum absolute atomic E-state index is 12.0. The largest absolute Gasteiger partial charge is 0.380 e. The average Bonchev–Trinajstić information content (AvgIpc) is 2.96. The fourth-order valence-electron chi connectivity index (χ4n) is 2.47. The zero-order valence-corrected chi connectivity index (χ0v) is 12.5. The number of hydrogen-bond donors (Lipinski definition) is 1. The van der Waals surface area contributed by atoms with Gasteiger partial charge in [0.05, 0.1) is 12.5 Å². The lowest BCUT2D eigenvalue weighted by Crippen LogP contribution is -2.42. The molecule has 2 heterocycles. The van der Waals surface area contributed by atoms with Crippen molar-refractivity contribution in [3.8, 4) is 0 Å². The molecular weight excluding hydrogens is 284 g/mol. The number of carbonyl (C=O) groups excluding carboxylic acids is 2. The normalized spacial score (nSPS) is 27.4. The number of hydrogen-bond acceptors (Lipinski definition) is 5. The molecule has 2 atom stereocenters. The van der Waals surface area contributed by atoms with Crippen molar-refractivity contribution in [2.45, 2.75) is 38.0 Å². The Balaban J connectivity index is 1.97. The molecule has 2 amide bonds. The van der Waals surface area contributed by atoms with E-state index in [0.717, 1.165) is 0 Å². The van der Waals surface area contributed by atoms with Gasteiger partial charge in [-0.2, -0.15) is 0 Å². The van der Waals surface area contributed by atoms with Crippen LogP contribution >= 0.6 is 0 Å². The molecule has 0 spiro atoms. The second-order valence-corrected chi connectivity index (χ2v) is 7.50. The Morgan fingerprint density at radius 1 is 1.45 bits per heavy atom. The smallest absolute Gasteiger partial charge is 0.240 e. The van der Waals surface area contributed by atoms with Gasteiger partial charge in [0.2, 0.25) is 21.8 Å². The molecule has 7 nitrogen and oxygen atoms in total. The summed E-state index contributed by atoms with van der Waals surface area (Å²) in [6, 6.07) is 0.0140. The van der Waals surface area contributed by atoms with Crippen LogP contribution in [0.25, 0.3) is 0 Å². The molecule has 0 saturated carbocycles. The molecule has 0 aliphatic carbocycles. The molecule has 2 aliphatic heterocycles. The quantitative estimate of drug-likeness (QED) is 0.754. The van der Waals surface area contributed by atoms with Crippen molar-refractivity contribution in [2.24, 2.45) is 5.92 Å². The molecule has 8 heteroatoms. The molecular formula is C12H20N2O5S. The zero-order chi connectivity index (χ0) is 14.9. The Morgan fingerprint density at radius 2 is 2.15 bits per heavy atom. The molecule has 2 saturated heterocycles. The number of nitrogens with zero attached hydrogens (tertiary/aromatic N) is 1. The van der Waals surface area contributed by atoms with Gasteiger partial charge in [0.15, 0.2) is 0 Å². The van der Waals surface area contributed by atoms with E-state index in [1.54, 1.807) is 4.90 Å². The van der Waals surface area contributed by atoms with E-state index < -0.39 is 27.1 Å². The number of amides is 2. The Hall–Kier alpha value is -1.15. The van der Waals surface area contributed by atoms with E-state index in [4.69, 9.17) is 4.74 Å². The van der Waals surface area contributed by atoms with E-state index in [1.165, 1.54) is 0 Å². The number of rotatable bonds is 4. The highest BCUT2D eigenvalue weighted by Crippen LogP contribution is 2.21. The van der Waals surface area contributed by atoms with Gasteiger partial charge in [-0.3, -0.25) is 14.3 Å². The van der Waals surface area contributed by atoms with Crippen LogP contribution in [0.2, 0.25) is 0 Å². The second kappa shape index (κ2) is 5.69. The van der Waals surface area contributed by atoms with Gasteiger partial charge in [-0.05, 0) is 20.3 Å². The van der Waals surface area contributed by atoms with Gasteiger partial charge in [-0.15, -0.1) is 0 Å². The third kappa shape index (κ3) is 3.12. The van der Waals surface area contributed by atoms with Crippen LogP contribution in [-0.4, -0.2) is 56.2 Å². The first kappa shape index (κ1) is 15.2. The fourth-order valence-corrected chi connectivity index (χ4v) is 3.77. The molecule has 0 aromatic carbocycles. The average molecular weight is 304 g/mol. The molecule has 2 fully saturated rings. The van der Waals surface area contributed by atoms with Crippen LogP contribution in [0, 0.1) is 5.92 Å². The number of sulfonamides is 1. The van der Waals surface area contributed by atoms with Gasteiger partial charge >= 0.3 is 0 Å². The van der Waals surface area contributed by atoms with E-state index in [2.05, 4.69) is 4.72 Å². The second-order valence-electron chi connectivity index (χ2n) is 5.54. The molecule has 20 heavy (non-hydrogen) atoms. The summed E-state index contributed by atoms with van der Waals surface area (Å²) in [5.74, 6) is -1.29. The minimum Gasteiger partial charge on any atom is -0.380 e. The van der Waals surface area contributed by atoms with Crippen LogP contribution in [0.15, 0.2) is 0 Å². The third-order valence-corrected chi connectivity index (χ3v) is 5.46. The van der Waals surface area contributed by atoms with Crippen molar-refractivity contribution < 1.29 is 22.7 Å². The summed E-state index contributed by atoms with van der Waals surface area (Å²) in [5, 5.41) is -0.676. The lowest BCUT2D eigenvalue weighted by molar-refractivity contribution is -0.129. The Bertz CT molecular complexity index is 496. The highest BCUT2D eigenvalue weighted by molar-refractivity contribution is 7.90. The van der Waals surface area contributed by atoms with Crippen molar-refractivity contribution in [2.75, 3.05) is 19.8 Å². The minimum absolute atomic E-state index is 0.0140. The molecule has 0 aromatic rings. The molecule has 0 radical (unpaired) electrons. The third-order valence-electron chi connectivity index (χ3n) is 3.72. The van der Waals surface area contributed by atoms with Crippen LogP contribution in [-0.2, 0) is 24.3 Å². The number of carbonyl (C=O) groups is 2. The lowest BCUT2D eigenvalue weighted by atomic mass is 10.1. The summed E-state index contributed by atoms with van der Waals surface area (Å²) in [7, 11) is -3.71. The van der Waals surface area contributed by atoms with Crippen molar-refractivity contribution in [1.29, 1.82) is 0 Å². The Morgan fingerprint density at radius 3 is 2.65 bits per heavy atom. The molecule has 2 rings (SSSR count). The molecule has 0 bridgehead atoms. The van der Waals surface area contributed by atoms with Crippen LogP contribution in [0.5, 0.6) is 0 Å². The molecule has 2 unspecified atom stereocenters. The fraction of sp³-hybridized carbons (Fsp3) is 0.833. The standard InChI is InChI=1S/C12H20N2O5S/c1-8(2)14-6-9(5-11(14)15)12(16)13-20(17,18)10-3-4-19-7-10/h8-10H,3-7H2,1-2H3,(H,13,16). The summed E-state index contributed by atoms with van der Waals surface area (Å²) in [4.78, 5) is 25.3. The minimum atomic E-state index is -3.71. The highest BCUT2D eigenvalue weighted by Gasteiger charge is 2.38. The van der Waals surface area contributed by atoms with Crippen molar-refractivity contribution in [3.05, 3.63) is 0 Å². The maximum Gasteiger partial charge on any atom is 0.240 e. The summed E-state index contributed by atoms with van der Waals surface area (Å²) < 4.78 is 31.1. The summed E-state index contributed by atoms with van der Waals surface area (Å²) in [6.45, 7) is 4.52. The van der Waals surface area contributed by atoms with E-state index in [-0.39, 0.29) is 31.5 Å². The van der Waals surface area contributed by atoms with Gasteiger partial charge < -0.3 is 9.64 Å². The molecule has 1 N–H and O–H groups in total. The summed E-state index contributed by atoms with van der Waals surface area (Å²) >= 11 is 0. The van der Waals surface area contributed by atoms with Gasteiger partial charge in [0, 0.05) is 25.6 Å². The van der Waals surface area contributed by atoms with Crippen LogP contribution in [0.1, 0.15) is 26.7 Å². The van der Waals surface area contributed by atoms with Gasteiger partial charge in [0.1, 0.15) is 5.25 Å². The van der Waals surface area contributed by atoms with Crippen LogP contribution in [0.4, 0.5) is 0 Å². The van der Waals surface area contributed by atoms with E-state index in [0.29, 0.717) is 13.0 Å². The van der Waals surface area contributed by atoms with Gasteiger partial charge in [-0.25, -0.2) is 8.42 Å².